The van der Waals surface area contributed by atoms with Crippen molar-refractivity contribution in [3.63, 3.8) is 0 Å². The van der Waals surface area contributed by atoms with Gasteiger partial charge in [0.05, 0.1) is 35.8 Å². The Hall–Kier alpha value is -7.16. The molecule has 0 aliphatic carbocycles. The van der Waals surface area contributed by atoms with Gasteiger partial charge in [-0.15, -0.1) is 0 Å². The average Bonchev–Trinajstić information content (AvgIpc) is 1.39. The van der Waals surface area contributed by atoms with Crippen LogP contribution in [0, 0.1) is 13.8 Å². The summed E-state index contributed by atoms with van der Waals surface area (Å²) < 4.78 is 151. The number of allylic oxidation sites excluding steroid dienone is 1. The normalized spacial score (nSPS) is 25.1. The Morgan fingerprint density at radius 3 is 1.26 bits per heavy atom. The van der Waals surface area contributed by atoms with E-state index in [1.54, 1.807) is 36.0 Å². The number of amidine groups is 2. The third kappa shape index (κ3) is 18.7. The zero-order valence-corrected chi connectivity index (χ0v) is 56.8. The summed E-state index contributed by atoms with van der Waals surface area (Å²) in [6, 6.07) is 17.4. The number of halogens is 6. The zero-order valence-electron chi connectivity index (χ0n) is 55.1. The Balaban J connectivity index is 0.000000225. The summed E-state index contributed by atoms with van der Waals surface area (Å²) in [5.41, 5.74) is 0.326. The molecular weight excluding hydrogens is 1290 g/mol. The fourth-order valence-electron chi connectivity index (χ4n) is 13.0. The number of nitrogens with zero attached hydrogens (tertiary/aromatic N) is 6. The van der Waals surface area contributed by atoms with Crippen molar-refractivity contribution in [3.8, 4) is 11.5 Å². The molecule has 2 spiro atoms. The molecule has 2 fully saturated rings. The predicted octanol–water partition coefficient (Wildman–Crippen LogP) is 11.5. The molecule has 4 aromatic rings. The van der Waals surface area contributed by atoms with Gasteiger partial charge in [0, 0.05) is 75.6 Å². The van der Waals surface area contributed by atoms with Crippen LogP contribution in [0.2, 0.25) is 0 Å². The van der Waals surface area contributed by atoms with E-state index in [1.807, 2.05) is 50.3 Å². The average molecular weight is 1380 g/mol. The highest BCUT2D eigenvalue weighted by Gasteiger charge is 2.50. The van der Waals surface area contributed by atoms with Gasteiger partial charge in [0.1, 0.15) is 34.2 Å². The molecular formula is C70H88F6N8O10S2. The van der Waals surface area contributed by atoms with Crippen LogP contribution < -0.4 is 20.1 Å². The van der Waals surface area contributed by atoms with Gasteiger partial charge in [0.25, 0.3) is 23.6 Å². The lowest BCUT2D eigenvalue weighted by atomic mass is 9.89. The second-order valence-electron chi connectivity index (χ2n) is 26.0. The number of hydrogen-bond acceptors (Lipinski definition) is 12. The number of piperidine rings is 2. The predicted molar refractivity (Wildman–Crippen MR) is 355 cm³/mol. The van der Waals surface area contributed by atoms with Crippen molar-refractivity contribution < 1.29 is 71.8 Å². The number of nitrogens with one attached hydrogen (secondary N) is 2. The van der Waals surface area contributed by atoms with Crippen molar-refractivity contribution in [2.75, 3.05) is 78.1 Å². The van der Waals surface area contributed by atoms with Crippen LogP contribution in [-0.2, 0) is 54.8 Å². The Labute approximate surface area is 559 Å². The maximum absolute atomic E-state index is 13.8. The largest absolute Gasteiger partial charge is 0.494 e. The lowest BCUT2D eigenvalue weighted by molar-refractivity contribution is -0.138. The summed E-state index contributed by atoms with van der Waals surface area (Å²) in [6.07, 6.45) is 8.53. The fraction of sp³-hybridized carbons (Fsp3) is 0.543. The van der Waals surface area contributed by atoms with Gasteiger partial charge in [-0.1, -0.05) is 75.7 Å². The van der Waals surface area contributed by atoms with E-state index in [2.05, 4.69) is 20.6 Å². The van der Waals surface area contributed by atoms with E-state index in [1.165, 1.54) is 20.7 Å². The van der Waals surface area contributed by atoms with E-state index in [9.17, 15) is 62.4 Å². The number of fused-ring (bicyclic) bond motifs is 4. The molecule has 0 aromatic heterocycles. The van der Waals surface area contributed by atoms with E-state index in [0.29, 0.717) is 37.1 Å². The lowest BCUT2D eigenvalue weighted by Gasteiger charge is -2.34. The maximum atomic E-state index is 13.8. The highest BCUT2D eigenvalue weighted by atomic mass is 32.2. The molecule has 10 aliphatic rings. The number of sulfonamides is 2. The van der Waals surface area contributed by atoms with Crippen LogP contribution >= 0.6 is 0 Å². The Morgan fingerprint density at radius 2 is 0.844 bits per heavy atom. The molecule has 0 radical (unpaired) electrons. The molecule has 10 aliphatic heterocycles. The Bertz CT molecular complexity index is 3800. The van der Waals surface area contributed by atoms with Crippen molar-refractivity contribution in [1.82, 2.24) is 29.0 Å². The van der Waals surface area contributed by atoms with Crippen LogP contribution in [-0.4, -0.2) is 160 Å². The first kappa shape index (κ1) is 73.1. The third-order valence-corrected chi connectivity index (χ3v) is 22.7. The number of rotatable bonds is 0. The van der Waals surface area contributed by atoms with Gasteiger partial charge in [-0.3, -0.25) is 29.2 Å². The summed E-state index contributed by atoms with van der Waals surface area (Å²) >= 11 is 0. The first-order valence-corrected chi connectivity index (χ1v) is 36.6. The number of amides is 4. The molecule has 26 heteroatoms. The van der Waals surface area contributed by atoms with Crippen LogP contribution in [0.1, 0.15) is 181 Å². The van der Waals surface area contributed by atoms with Gasteiger partial charge in [0.15, 0.2) is 0 Å². The van der Waals surface area contributed by atoms with Crippen LogP contribution in [0.5, 0.6) is 11.5 Å². The number of carbonyl (C=O) groups is 4. The molecule has 2 saturated heterocycles. The monoisotopic (exact) mass is 1380 g/mol. The summed E-state index contributed by atoms with van der Waals surface area (Å²) in [5.74, 6) is -1.22. The molecule has 96 heavy (non-hydrogen) atoms. The Kier molecular flexibility index (Phi) is 24.0. The van der Waals surface area contributed by atoms with Gasteiger partial charge < -0.3 is 29.9 Å². The standard InChI is InChI=1S/C35H45F3N4O5S.C35H43F3N4O5S/c2*1-25-21-27-12-11-26(25)13-20-48(45,46)42-17-14-34(15-18-42)33(44)39-31(40-34)28-22-29(35(36,37)38)24-30(23-28)47-19-10-8-6-4-3-5-7-9-16-41(2)32(27)43/h11-12,21-24H,3-10,13-20H2,1-2H3,(H,39,40,44);6,8,11-12,21-24H,3-5,7,9-10,13-20H2,1-2H3,(H,39,40,44)/b;8-6+. The number of ether oxygens (including phenoxy) is 2. The number of benzene rings is 4. The minimum Gasteiger partial charge on any atom is -0.494 e. The number of alkyl halides is 6. The first-order valence-electron chi connectivity index (χ1n) is 33.4. The topological polar surface area (TPSA) is 217 Å². The molecule has 18 nitrogen and oxygen atoms in total. The minimum absolute atomic E-state index is 0.0136. The minimum atomic E-state index is -4.64. The zero-order chi connectivity index (χ0) is 69.1. The second kappa shape index (κ2) is 31.6. The molecule has 522 valence electrons. The van der Waals surface area contributed by atoms with Crippen LogP contribution in [0.15, 0.2) is 94.9 Å². The number of aryl methyl sites for hydroxylation is 4. The van der Waals surface area contributed by atoms with Crippen LogP contribution in [0.25, 0.3) is 0 Å². The number of carbonyl (C=O) groups excluding carboxylic acids is 4. The number of hydrogen-bond donors (Lipinski definition) is 2. The van der Waals surface area contributed by atoms with Crippen molar-refractivity contribution in [1.29, 1.82) is 0 Å². The maximum Gasteiger partial charge on any atom is 0.416 e. The van der Waals surface area contributed by atoms with Gasteiger partial charge in [0.2, 0.25) is 20.0 Å². The van der Waals surface area contributed by atoms with Crippen LogP contribution in [0.3, 0.4) is 0 Å². The molecule has 0 unspecified atom stereocenters. The van der Waals surface area contributed by atoms with E-state index in [0.717, 1.165) is 124 Å². The van der Waals surface area contributed by atoms with Crippen molar-refractivity contribution in [2.45, 2.75) is 166 Å². The van der Waals surface area contributed by atoms with E-state index in [-0.39, 0.29) is 136 Å². The van der Waals surface area contributed by atoms with Crippen molar-refractivity contribution in [3.05, 3.63) is 141 Å². The summed E-state index contributed by atoms with van der Waals surface area (Å²) in [6.45, 7) is 5.68. The van der Waals surface area contributed by atoms with E-state index < -0.39 is 66.4 Å². The second-order valence-corrected chi connectivity index (χ2v) is 30.2. The molecule has 0 saturated carbocycles. The summed E-state index contributed by atoms with van der Waals surface area (Å²) in [7, 11) is -3.78. The van der Waals surface area contributed by atoms with Crippen LogP contribution in [0.4, 0.5) is 26.3 Å². The van der Waals surface area contributed by atoms with Gasteiger partial charge >= 0.3 is 12.4 Å². The molecule has 0 atom stereocenters. The summed E-state index contributed by atoms with van der Waals surface area (Å²) in [4.78, 5) is 65.0. The summed E-state index contributed by atoms with van der Waals surface area (Å²) in [5, 5.41) is 5.31. The van der Waals surface area contributed by atoms with Gasteiger partial charge in [-0.05, 0) is 174 Å². The smallest absolute Gasteiger partial charge is 0.416 e. The highest BCUT2D eigenvalue weighted by Crippen LogP contribution is 2.39. The molecule has 4 aromatic carbocycles. The van der Waals surface area contributed by atoms with Gasteiger partial charge in [-0.2, -0.15) is 26.3 Å². The lowest BCUT2D eigenvalue weighted by Crippen LogP contribution is -2.50. The van der Waals surface area contributed by atoms with Gasteiger partial charge in [-0.25, -0.2) is 25.4 Å². The van der Waals surface area contributed by atoms with Crippen molar-refractivity contribution >= 4 is 55.3 Å². The SMILES string of the molecule is Cc1cc2ccc1CCS(=O)(=O)N1CCC3(CC1)N=C(NC3=O)c1cc(cc(C(F)(F)F)c1)OCC/C=C/CCCCCCN(C)C2=O.Cc1cc2ccc1CCS(=O)(=O)N1CCC3(CC1)N=C(NC3=O)c1cc(cc(C(F)(F)F)c1)OCCCCCCCCCCN(C)C2=O. The molecule has 4 amide bonds. The quantitative estimate of drug-likeness (QED) is 0.125. The van der Waals surface area contributed by atoms with Crippen molar-refractivity contribution in [2.24, 2.45) is 9.98 Å². The Morgan fingerprint density at radius 1 is 0.458 bits per heavy atom. The number of aliphatic imine (C=N–C) groups is 2. The molecule has 14 bridgehead atoms. The fourth-order valence-corrected chi connectivity index (χ4v) is 15.9. The first-order chi connectivity index (χ1) is 45.5. The molecule has 10 heterocycles. The van der Waals surface area contributed by atoms with E-state index in [4.69, 9.17) is 9.47 Å². The molecule has 2 N–H and O–H groups in total. The molecule has 14 rings (SSSR count). The van der Waals surface area contributed by atoms with E-state index >= 15 is 0 Å². The highest BCUT2D eigenvalue weighted by molar-refractivity contribution is 7.89. The third-order valence-electron chi connectivity index (χ3n) is 19.0.